The molecule has 0 saturated heterocycles. The van der Waals surface area contributed by atoms with Crippen LogP contribution in [0.5, 0.6) is 0 Å². The molecule has 3 N–H and O–H groups in total. The number of aromatic amines is 1. The molecule has 1 heterocycles. The van der Waals surface area contributed by atoms with Crippen LogP contribution in [0.1, 0.15) is 41.7 Å². The van der Waals surface area contributed by atoms with E-state index in [1.54, 1.807) is 12.1 Å². The standard InChI is InChI=1S/C18H18ClN3O2/c19-14-4-1-3-13(9-14)6-8-18(24)7-2-5-15(10-18)22-17(23)16-11-20-12-21-16/h1,3-4,9,11-12,15,24H,2,5,7,10H2,(H,20,21)(H,22,23)/t15-,18+/m0/s1. The van der Waals surface area contributed by atoms with Crippen LogP contribution in [-0.4, -0.2) is 32.6 Å². The van der Waals surface area contributed by atoms with E-state index in [1.165, 1.54) is 12.5 Å². The summed E-state index contributed by atoms with van der Waals surface area (Å²) in [4.78, 5) is 18.7. The van der Waals surface area contributed by atoms with Gasteiger partial charge in [0.25, 0.3) is 5.91 Å². The van der Waals surface area contributed by atoms with Gasteiger partial charge in [-0.15, -0.1) is 0 Å². The van der Waals surface area contributed by atoms with Gasteiger partial charge in [0.05, 0.1) is 12.5 Å². The zero-order chi connectivity index (χ0) is 17.0. The van der Waals surface area contributed by atoms with Crippen LogP contribution in [0.3, 0.4) is 0 Å². The van der Waals surface area contributed by atoms with Gasteiger partial charge >= 0.3 is 0 Å². The quantitative estimate of drug-likeness (QED) is 0.733. The Kier molecular flexibility index (Phi) is 4.89. The number of carbonyl (C=O) groups excluding carboxylic acids is 1. The lowest BCUT2D eigenvalue weighted by Crippen LogP contribution is -2.45. The van der Waals surface area contributed by atoms with Crippen molar-refractivity contribution in [3.05, 3.63) is 53.1 Å². The van der Waals surface area contributed by atoms with E-state index in [0.717, 1.165) is 18.4 Å². The Balaban J connectivity index is 1.67. The summed E-state index contributed by atoms with van der Waals surface area (Å²) in [6.45, 7) is 0. The van der Waals surface area contributed by atoms with Crippen molar-refractivity contribution in [2.45, 2.75) is 37.3 Å². The molecule has 0 unspecified atom stereocenters. The topological polar surface area (TPSA) is 78.0 Å². The summed E-state index contributed by atoms with van der Waals surface area (Å²) in [6, 6.07) is 7.10. The third-order valence-corrected chi connectivity index (χ3v) is 4.30. The molecule has 1 fully saturated rings. The van der Waals surface area contributed by atoms with Crippen LogP contribution in [0.2, 0.25) is 5.02 Å². The fourth-order valence-electron chi connectivity index (χ4n) is 2.89. The number of aliphatic hydroxyl groups is 1. The van der Waals surface area contributed by atoms with Gasteiger partial charge in [-0.2, -0.15) is 0 Å². The molecule has 1 saturated carbocycles. The largest absolute Gasteiger partial charge is 0.378 e. The number of imidazole rings is 1. The summed E-state index contributed by atoms with van der Waals surface area (Å²) < 4.78 is 0. The van der Waals surface area contributed by atoms with Crippen molar-refractivity contribution in [1.82, 2.24) is 15.3 Å². The number of halogens is 1. The molecule has 3 rings (SSSR count). The average Bonchev–Trinajstić information content (AvgIpc) is 3.08. The first-order chi connectivity index (χ1) is 11.5. The van der Waals surface area contributed by atoms with Crippen LogP contribution in [0, 0.1) is 11.8 Å². The van der Waals surface area contributed by atoms with Gasteiger partial charge in [0.15, 0.2) is 0 Å². The second-order valence-corrected chi connectivity index (χ2v) is 6.46. The highest BCUT2D eigenvalue weighted by atomic mass is 35.5. The Morgan fingerprint density at radius 1 is 1.50 bits per heavy atom. The first kappa shape index (κ1) is 16.6. The van der Waals surface area contributed by atoms with Crippen molar-refractivity contribution in [2.24, 2.45) is 0 Å². The van der Waals surface area contributed by atoms with E-state index in [-0.39, 0.29) is 11.9 Å². The summed E-state index contributed by atoms with van der Waals surface area (Å²) in [7, 11) is 0. The maximum Gasteiger partial charge on any atom is 0.269 e. The Bertz CT molecular complexity index is 779. The highest BCUT2D eigenvalue weighted by Gasteiger charge is 2.33. The van der Waals surface area contributed by atoms with E-state index < -0.39 is 5.60 Å². The minimum atomic E-state index is -1.10. The first-order valence-electron chi connectivity index (χ1n) is 7.84. The van der Waals surface area contributed by atoms with Crippen LogP contribution < -0.4 is 5.32 Å². The molecular weight excluding hydrogens is 326 g/mol. The van der Waals surface area contributed by atoms with Gasteiger partial charge in [-0.25, -0.2) is 4.98 Å². The van der Waals surface area contributed by atoms with E-state index in [1.807, 2.05) is 12.1 Å². The Hall–Kier alpha value is -2.29. The Morgan fingerprint density at radius 3 is 3.12 bits per heavy atom. The molecule has 0 aliphatic heterocycles. The van der Waals surface area contributed by atoms with E-state index in [0.29, 0.717) is 23.6 Å². The zero-order valence-electron chi connectivity index (χ0n) is 13.1. The van der Waals surface area contributed by atoms with Crippen LogP contribution in [0.4, 0.5) is 0 Å². The molecule has 1 aromatic heterocycles. The molecule has 5 nitrogen and oxygen atoms in total. The van der Waals surface area contributed by atoms with Crippen LogP contribution in [-0.2, 0) is 0 Å². The van der Waals surface area contributed by atoms with Crippen LogP contribution in [0.25, 0.3) is 0 Å². The lowest BCUT2D eigenvalue weighted by atomic mass is 9.82. The average molecular weight is 344 g/mol. The van der Waals surface area contributed by atoms with Gasteiger partial charge < -0.3 is 15.4 Å². The minimum absolute atomic E-state index is 0.117. The Morgan fingerprint density at radius 2 is 2.38 bits per heavy atom. The first-order valence-corrected chi connectivity index (χ1v) is 8.22. The number of H-pyrrole nitrogens is 1. The van der Waals surface area contributed by atoms with E-state index in [9.17, 15) is 9.90 Å². The fourth-order valence-corrected chi connectivity index (χ4v) is 3.08. The summed E-state index contributed by atoms with van der Waals surface area (Å²) in [5.74, 6) is 5.72. The highest BCUT2D eigenvalue weighted by Crippen LogP contribution is 2.28. The number of aromatic nitrogens is 2. The van der Waals surface area contributed by atoms with Crippen molar-refractivity contribution in [1.29, 1.82) is 0 Å². The summed E-state index contributed by atoms with van der Waals surface area (Å²) in [6.07, 6.45) is 5.55. The molecule has 2 aromatic rings. The van der Waals surface area contributed by atoms with Crippen molar-refractivity contribution >= 4 is 17.5 Å². The SMILES string of the molecule is O=C(N[C@H]1CCC[C@@](O)(C#Cc2cccc(Cl)c2)C1)c1cnc[nH]1. The molecule has 6 heteroatoms. The number of carbonyl (C=O) groups is 1. The second-order valence-electron chi connectivity index (χ2n) is 6.02. The van der Waals surface area contributed by atoms with E-state index >= 15 is 0 Å². The molecule has 2 atom stereocenters. The third kappa shape index (κ3) is 4.16. The van der Waals surface area contributed by atoms with Crippen molar-refractivity contribution in [3.8, 4) is 11.8 Å². The minimum Gasteiger partial charge on any atom is -0.378 e. The molecule has 0 bridgehead atoms. The zero-order valence-corrected chi connectivity index (χ0v) is 13.8. The predicted molar refractivity (Wildman–Crippen MR) is 91.6 cm³/mol. The fraction of sp³-hybridized carbons (Fsp3) is 0.333. The third-order valence-electron chi connectivity index (χ3n) is 4.07. The second kappa shape index (κ2) is 7.08. The smallest absolute Gasteiger partial charge is 0.269 e. The summed E-state index contributed by atoms with van der Waals surface area (Å²) in [5.41, 5.74) is 0.0700. The number of benzene rings is 1. The lowest BCUT2D eigenvalue weighted by molar-refractivity contribution is 0.0451. The van der Waals surface area contributed by atoms with Gasteiger partial charge in [0.1, 0.15) is 11.3 Å². The molecule has 1 aliphatic rings. The van der Waals surface area contributed by atoms with Gasteiger partial charge in [0.2, 0.25) is 0 Å². The predicted octanol–water partition coefficient (Wildman–Crippen LogP) is 2.52. The number of hydrogen-bond donors (Lipinski definition) is 3. The Labute approximate surface area is 145 Å². The van der Waals surface area contributed by atoms with Crippen molar-refractivity contribution in [2.75, 3.05) is 0 Å². The monoisotopic (exact) mass is 343 g/mol. The van der Waals surface area contributed by atoms with Gasteiger partial charge in [-0.1, -0.05) is 29.5 Å². The van der Waals surface area contributed by atoms with E-state index in [4.69, 9.17) is 11.6 Å². The van der Waals surface area contributed by atoms with Gasteiger partial charge in [-0.05, 0) is 37.5 Å². The molecule has 1 aromatic carbocycles. The van der Waals surface area contributed by atoms with Crippen molar-refractivity contribution in [3.63, 3.8) is 0 Å². The van der Waals surface area contributed by atoms with Crippen LogP contribution in [0.15, 0.2) is 36.8 Å². The molecule has 0 spiro atoms. The molecule has 0 radical (unpaired) electrons. The lowest BCUT2D eigenvalue weighted by Gasteiger charge is -2.33. The number of nitrogens with zero attached hydrogens (tertiary/aromatic N) is 1. The number of rotatable bonds is 2. The van der Waals surface area contributed by atoms with Gasteiger partial charge in [0, 0.05) is 23.0 Å². The number of nitrogens with one attached hydrogen (secondary N) is 2. The van der Waals surface area contributed by atoms with Crippen molar-refractivity contribution < 1.29 is 9.90 Å². The molecule has 24 heavy (non-hydrogen) atoms. The highest BCUT2D eigenvalue weighted by molar-refractivity contribution is 6.30. The number of amides is 1. The molecule has 1 aliphatic carbocycles. The van der Waals surface area contributed by atoms with E-state index in [2.05, 4.69) is 27.1 Å². The summed E-state index contributed by atoms with van der Waals surface area (Å²) >= 11 is 5.94. The molecule has 124 valence electrons. The van der Waals surface area contributed by atoms with Crippen LogP contribution >= 0.6 is 11.6 Å². The molecule has 1 amide bonds. The number of hydrogen-bond acceptors (Lipinski definition) is 3. The normalized spacial score (nSPS) is 23.2. The maximum absolute atomic E-state index is 12.1. The van der Waals surface area contributed by atoms with Gasteiger partial charge in [-0.3, -0.25) is 4.79 Å². The summed E-state index contributed by atoms with van der Waals surface area (Å²) in [5, 5.41) is 14.3. The molecular formula is C18H18ClN3O2. The maximum atomic E-state index is 12.1.